The summed E-state index contributed by atoms with van der Waals surface area (Å²) in [6.07, 6.45) is 0. The molecule has 2 rings (SSSR count). The van der Waals surface area contributed by atoms with E-state index in [1.54, 1.807) is 37.4 Å². The van der Waals surface area contributed by atoms with Gasteiger partial charge in [-0.1, -0.05) is 29.8 Å². The molecule has 0 aliphatic carbocycles. The Morgan fingerprint density at radius 1 is 1.26 bits per heavy atom. The van der Waals surface area contributed by atoms with Crippen LogP contribution < -0.4 is 5.32 Å². The molecule has 0 aromatic heterocycles. The zero-order chi connectivity index (χ0) is 14.0. The summed E-state index contributed by atoms with van der Waals surface area (Å²) in [6.45, 7) is 1.81. The lowest BCUT2D eigenvalue weighted by atomic mass is 10.0. The molecule has 0 bridgehead atoms. The van der Waals surface area contributed by atoms with Crippen molar-refractivity contribution in [2.24, 2.45) is 0 Å². The van der Waals surface area contributed by atoms with E-state index in [0.29, 0.717) is 21.7 Å². The van der Waals surface area contributed by atoms with Gasteiger partial charge in [0, 0.05) is 18.2 Å². The van der Waals surface area contributed by atoms with E-state index in [1.165, 1.54) is 6.07 Å². The van der Waals surface area contributed by atoms with Crippen LogP contribution in [0.4, 0.5) is 4.39 Å². The highest BCUT2D eigenvalue weighted by atomic mass is 35.5. The van der Waals surface area contributed by atoms with Gasteiger partial charge in [-0.15, -0.1) is 0 Å². The third kappa shape index (κ3) is 2.61. The van der Waals surface area contributed by atoms with Crippen molar-refractivity contribution in [3.05, 3.63) is 58.4 Å². The Morgan fingerprint density at radius 2 is 2.00 bits per heavy atom. The van der Waals surface area contributed by atoms with Gasteiger partial charge in [0.15, 0.2) is 0 Å². The second kappa shape index (κ2) is 5.41. The number of benzene rings is 2. The second-order valence-electron chi connectivity index (χ2n) is 4.21. The van der Waals surface area contributed by atoms with E-state index >= 15 is 0 Å². The summed E-state index contributed by atoms with van der Waals surface area (Å²) in [6, 6.07) is 9.74. The maximum atomic E-state index is 13.9. The summed E-state index contributed by atoms with van der Waals surface area (Å²) in [5, 5.41) is 2.90. The number of hydrogen-bond donors (Lipinski definition) is 1. The molecule has 0 aliphatic rings. The Kier molecular flexibility index (Phi) is 3.86. The summed E-state index contributed by atoms with van der Waals surface area (Å²) in [5.41, 5.74) is 2.18. The molecule has 19 heavy (non-hydrogen) atoms. The van der Waals surface area contributed by atoms with Crippen LogP contribution in [0, 0.1) is 12.7 Å². The highest BCUT2D eigenvalue weighted by Crippen LogP contribution is 2.33. The van der Waals surface area contributed by atoms with E-state index in [1.807, 2.05) is 6.92 Å². The van der Waals surface area contributed by atoms with Crippen LogP contribution in [-0.4, -0.2) is 13.0 Å². The third-order valence-corrected chi connectivity index (χ3v) is 3.41. The van der Waals surface area contributed by atoms with Gasteiger partial charge in [-0.3, -0.25) is 4.79 Å². The topological polar surface area (TPSA) is 29.1 Å². The highest BCUT2D eigenvalue weighted by Gasteiger charge is 2.13. The number of amides is 1. The van der Waals surface area contributed by atoms with Crippen LogP contribution in [0.5, 0.6) is 0 Å². The minimum absolute atomic E-state index is 0.217. The van der Waals surface area contributed by atoms with Crippen LogP contribution in [0.3, 0.4) is 0 Å². The smallest absolute Gasteiger partial charge is 0.251 e. The molecule has 2 aromatic rings. The normalized spacial score (nSPS) is 10.3. The van der Waals surface area contributed by atoms with Crippen molar-refractivity contribution >= 4 is 17.5 Å². The van der Waals surface area contributed by atoms with Crippen molar-refractivity contribution in [1.82, 2.24) is 5.32 Å². The van der Waals surface area contributed by atoms with Gasteiger partial charge in [-0.05, 0) is 36.2 Å². The fourth-order valence-corrected chi connectivity index (χ4v) is 2.14. The second-order valence-corrected chi connectivity index (χ2v) is 4.59. The minimum Gasteiger partial charge on any atom is -0.355 e. The maximum Gasteiger partial charge on any atom is 0.251 e. The van der Waals surface area contributed by atoms with E-state index in [-0.39, 0.29) is 5.91 Å². The number of carbonyl (C=O) groups excluding carboxylic acids is 1. The van der Waals surface area contributed by atoms with Crippen LogP contribution in [-0.2, 0) is 0 Å². The molecule has 0 fully saturated rings. The number of halogens is 2. The van der Waals surface area contributed by atoms with E-state index < -0.39 is 5.82 Å². The molecule has 0 aliphatic heterocycles. The predicted molar refractivity (Wildman–Crippen MR) is 75.0 cm³/mol. The van der Waals surface area contributed by atoms with Crippen LogP contribution >= 0.6 is 11.6 Å². The quantitative estimate of drug-likeness (QED) is 0.888. The zero-order valence-electron chi connectivity index (χ0n) is 10.6. The molecule has 0 saturated carbocycles. The molecule has 2 nitrogen and oxygen atoms in total. The number of carbonyl (C=O) groups is 1. The molecule has 2 aromatic carbocycles. The van der Waals surface area contributed by atoms with Gasteiger partial charge < -0.3 is 5.32 Å². The summed E-state index contributed by atoms with van der Waals surface area (Å²) in [7, 11) is 1.55. The van der Waals surface area contributed by atoms with Crippen LogP contribution in [0.1, 0.15) is 15.9 Å². The van der Waals surface area contributed by atoms with Crippen molar-refractivity contribution in [2.45, 2.75) is 6.92 Å². The van der Waals surface area contributed by atoms with Gasteiger partial charge in [-0.25, -0.2) is 4.39 Å². The molecule has 1 N–H and O–H groups in total. The Labute approximate surface area is 116 Å². The fraction of sp³-hybridized carbons (Fsp3) is 0.133. The van der Waals surface area contributed by atoms with Gasteiger partial charge in [0.05, 0.1) is 5.02 Å². The largest absolute Gasteiger partial charge is 0.355 e. The van der Waals surface area contributed by atoms with E-state index in [0.717, 1.165) is 5.56 Å². The molecule has 0 heterocycles. The molecule has 0 radical (unpaired) electrons. The monoisotopic (exact) mass is 277 g/mol. The predicted octanol–water partition coefficient (Wildman–Crippen LogP) is 3.81. The lowest BCUT2D eigenvalue weighted by Gasteiger charge is -2.10. The summed E-state index contributed by atoms with van der Waals surface area (Å²) < 4.78 is 13.9. The minimum atomic E-state index is -0.398. The van der Waals surface area contributed by atoms with Gasteiger partial charge in [0.1, 0.15) is 5.82 Å². The van der Waals surface area contributed by atoms with E-state index in [9.17, 15) is 9.18 Å². The average Bonchev–Trinajstić information content (AvgIpc) is 2.43. The van der Waals surface area contributed by atoms with Crippen LogP contribution in [0.2, 0.25) is 5.02 Å². The Bertz CT molecular complexity index is 640. The number of nitrogens with one attached hydrogen (secondary N) is 1. The van der Waals surface area contributed by atoms with Gasteiger partial charge in [0.2, 0.25) is 0 Å². The van der Waals surface area contributed by atoms with Crippen LogP contribution in [0.15, 0.2) is 36.4 Å². The first-order chi connectivity index (χ1) is 9.04. The fourth-order valence-electron chi connectivity index (χ4n) is 1.88. The average molecular weight is 278 g/mol. The molecule has 4 heteroatoms. The highest BCUT2D eigenvalue weighted by molar-refractivity contribution is 6.34. The van der Waals surface area contributed by atoms with Gasteiger partial charge in [0.25, 0.3) is 5.91 Å². The molecule has 0 atom stereocenters. The van der Waals surface area contributed by atoms with Gasteiger partial charge in [-0.2, -0.15) is 0 Å². The summed E-state index contributed by atoms with van der Waals surface area (Å²) >= 11 is 6.16. The van der Waals surface area contributed by atoms with Crippen molar-refractivity contribution in [2.75, 3.05) is 7.05 Å². The van der Waals surface area contributed by atoms with Gasteiger partial charge >= 0.3 is 0 Å². The standard InChI is InChI=1S/C15H13ClFNO/c1-9-6-7-12(17)13(14(9)16)10-4-3-5-11(8-10)15(19)18-2/h3-8H,1-2H3,(H,18,19). The van der Waals surface area contributed by atoms with Crippen molar-refractivity contribution < 1.29 is 9.18 Å². The molecule has 0 saturated heterocycles. The molecule has 0 spiro atoms. The lowest BCUT2D eigenvalue weighted by molar-refractivity contribution is 0.0963. The molecule has 98 valence electrons. The Hall–Kier alpha value is -1.87. The molecule has 1 amide bonds. The van der Waals surface area contributed by atoms with E-state index in [2.05, 4.69) is 5.32 Å². The van der Waals surface area contributed by atoms with Crippen LogP contribution in [0.25, 0.3) is 11.1 Å². The van der Waals surface area contributed by atoms with Crippen molar-refractivity contribution in [3.8, 4) is 11.1 Å². The molecule has 0 unspecified atom stereocenters. The molecular formula is C15H13ClFNO. The first kappa shape index (κ1) is 13.6. The zero-order valence-corrected chi connectivity index (χ0v) is 11.4. The van der Waals surface area contributed by atoms with E-state index in [4.69, 9.17) is 11.6 Å². The Balaban J connectivity index is 2.60. The number of hydrogen-bond acceptors (Lipinski definition) is 1. The first-order valence-corrected chi connectivity index (χ1v) is 6.19. The summed E-state index contributed by atoms with van der Waals surface area (Å²) in [4.78, 5) is 11.6. The summed E-state index contributed by atoms with van der Waals surface area (Å²) in [5.74, 6) is -0.615. The number of aryl methyl sites for hydroxylation is 1. The SMILES string of the molecule is CNC(=O)c1cccc(-c2c(F)ccc(C)c2Cl)c1. The maximum absolute atomic E-state index is 13.9. The Morgan fingerprint density at radius 3 is 2.68 bits per heavy atom. The lowest BCUT2D eigenvalue weighted by Crippen LogP contribution is -2.17. The third-order valence-electron chi connectivity index (χ3n) is 2.92. The number of rotatable bonds is 2. The first-order valence-electron chi connectivity index (χ1n) is 5.81. The van der Waals surface area contributed by atoms with Crippen molar-refractivity contribution in [1.29, 1.82) is 0 Å². The molecular weight excluding hydrogens is 265 g/mol. The van der Waals surface area contributed by atoms with Crippen molar-refractivity contribution in [3.63, 3.8) is 0 Å².